The van der Waals surface area contributed by atoms with Crippen molar-refractivity contribution < 1.29 is 4.39 Å². The molecule has 0 atom stereocenters. The third-order valence-electron chi connectivity index (χ3n) is 3.34. The highest BCUT2D eigenvalue weighted by atomic mass is 32.2. The molecule has 2 nitrogen and oxygen atoms in total. The summed E-state index contributed by atoms with van der Waals surface area (Å²) in [5.74, 6) is -0.235. The molecule has 1 heterocycles. The highest BCUT2D eigenvalue weighted by Gasteiger charge is 2.12. The van der Waals surface area contributed by atoms with Crippen LogP contribution in [0.15, 0.2) is 59.9 Å². The average molecular weight is 298 g/mol. The molecule has 0 saturated heterocycles. The first-order valence-corrected chi connectivity index (χ1v) is 7.86. The van der Waals surface area contributed by atoms with Crippen LogP contribution in [0, 0.1) is 12.7 Å². The van der Waals surface area contributed by atoms with Crippen molar-refractivity contribution in [1.29, 1.82) is 0 Å². The van der Waals surface area contributed by atoms with Crippen molar-refractivity contribution in [3.05, 3.63) is 66.1 Å². The molecule has 0 aliphatic heterocycles. The fourth-order valence-electron chi connectivity index (χ4n) is 2.25. The van der Waals surface area contributed by atoms with Gasteiger partial charge in [-0.25, -0.2) is 9.37 Å². The number of nitrogens with zero attached hydrogens (tertiary/aromatic N) is 2. The predicted octanol–water partition coefficient (Wildman–Crippen LogP) is 4.71. The molecule has 2 aromatic carbocycles. The number of hydrogen-bond donors (Lipinski definition) is 0. The van der Waals surface area contributed by atoms with Crippen LogP contribution >= 0.6 is 11.8 Å². The number of rotatable bonds is 3. The van der Waals surface area contributed by atoms with E-state index in [2.05, 4.69) is 40.7 Å². The molecule has 0 radical (unpaired) electrons. The number of hydrogen-bond acceptors (Lipinski definition) is 2. The Bertz CT molecular complexity index is 745. The average Bonchev–Trinajstić information content (AvgIpc) is 2.93. The fourth-order valence-corrected chi connectivity index (χ4v) is 2.79. The van der Waals surface area contributed by atoms with Gasteiger partial charge in [0, 0.05) is 11.3 Å². The van der Waals surface area contributed by atoms with Gasteiger partial charge in [-0.2, -0.15) is 0 Å². The number of thioether (sulfide) groups is 1. The molecular weight excluding hydrogens is 283 g/mol. The van der Waals surface area contributed by atoms with Crippen LogP contribution in [-0.4, -0.2) is 15.8 Å². The molecule has 0 saturated carbocycles. The number of halogens is 1. The summed E-state index contributed by atoms with van der Waals surface area (Å²) >= 11 is 1.57. The zero-order chi connectivity index (χ0) is 14.8. The number of imidazole rings is 1. The second-order valence-electron chi connectivity index (χ2n) is 4.81. The Labute approximate surface area is 127 Å². The summed E-state index contributed by atoms with van der Waals surface area (Å²) in [4.78, 5) is 4.46. The van der Waals surface area contributed by atoms with Crippen LogP contribution in [0.25, 0.3) is 16.9 Å². The Hall–Kier alpha value is -2.07. The minimum atomic E-state index is -0.235. The van der Waals surface area contributed by atoms with Crippen LogP contribution < -0.4 is 0 Å². The zero-order valence-electron chi connectivity index (χ0n) is 11.9. The molecule has 0 unspecified atom stereocenters. The normalized spacial score (nSPS) is 10.8. The van der Waals surface area contributed by atoms with Gasteiger partial charge in [0.1, 0.15) is 5.82 Å². The lowest BCUT2D eigenvalue weighted by Gasteiger charge is -2.11. The molecule has 0 aliphatic carbocycles. The third kappa shape index (κ3) is 2.72. The van der Waals surface area contributed by atoms with Gasteiger partial charge in [0.25, 0.3) is 0 Å². The molecule has 3 rings (SSSR count). The zero-order valence-corrected chi connectivity index (χ0v) is 12.7. The third-order valence-corrected chi connectivity index (χ3v) is 4.00. The van der Waals surface area contributed by atoms with Gasteiger partial charge in [-0.05, 0) is 37.4 Å². The largest absolute Gasteiger partial charge is 0.287 e. The van der Waals surface area contributed by atoms with Gasteiger partial charge in [0.05, 0.1) is 11.9 Å². The Balaban J connectivity index is 2.16. The monoisotopic (exact) mass is 298 g/mol. The molecule has 0 spiro atoms. The van der Waals surface area contributed by atoms with Crippen LogP contribution in [0.4, 0.5) is 4.39 Å². The predicted molar refractivity (Wildman–Crippen MR) is 85.5 cm³/mol. The van der Waals surface area contributed by atoms with E-state index in [1.165, 1.54) is 17.7 Å². The quantitative estimate of drug-likeness (QED) is 0.652. The van der Waals surface area contributed by atoms with Crippen molar-refractivity contribution >= 4 is 11.8 Å². The molecule has 0 fully saturated rings. The van der Waals surface area contributed by atoms with E-state index >= 15 is 0 Å². The molecule has 3 aromatic rings. The fraction of sp³-hybridized carbons (Fsp3) is 0.118. The second-order valence-corrected chi connectivity index (χ2v) is 5.58. The molecule has 0 aliphatic rings. The Kier molecular flexibility index (Phi) is 3.80. The summed E-state index contributed by atoms with van der Waals surface area (Å²) in [6, 6.07) is 14.8. The van der Waals surface area contributed by atoms with Gasteiger partial charge in [0.2, 0.25) is 0 Å². The van der Waals surface area contributed by atoms with Crippen LogP contribution in [-0.2, 0) is 0 Å². The molecule has 4 heteroatoms. The van der Waals surface area contributed by atoms with Gasteiger partial charge in [-0.1, -0.05) is 41.6 Å². The van der Waals surface area contributed by atoms with E-state index in [9.17, 15) is 4.39 Å². The molecule has 1 aromatic heterocycles. The highest BCUT2D eigenvalue weighted by Crippen LogP contribution is 2.29. The smallest absolute Gasteiger partial charge is 0.172 e. The summed E-state index contributed by atoms with van der Waals surface area (Å²) in [5.41, 5.74) is 4.23. The van der Waals surface area contributed by atoms with E-state index in [-0.39, 0.29) is 5.82 Å². The van der Waals surface area contributed by atoms with E-state index in [1.54, 1.807) is 23.9 Å². The summed E-state index contributed by atoms with van der Waals surface area (Å²) in [7, 11) is 0. The Morgan fingerprint density at radius 1 is 1.00 bits per heavy atom. The molecule has 0 amide bonds. The molecule has 0 bridgehead atoms. The molecule has 0 N–H and O–H groups in total. The lowest BCUT2D eigenvalue weighted by Crippen LogP contribution is -1.98. The van der Waals surface area contributed by atoms with Gasteiger partial charge < -0.3 is 0 Å². The van der Waals surface area contributed by atoms with Crippen molar-refractivity contribution in [1.82, 2.24) is 9.55 Å². The number of aromatic nitrogens is 2. The van der Waals surface area contributed by atoms with Crippen LogP contribution in [0.2, 0.25) is 0 Å². The first-order valence-electron chi connectivity index (χ1n) is 6.64. The maximum Gasteiger partial charge on any atom is 0.172 e. The minimum absolute atomic E-state index is 0.235. The molecular formula is C17H15FN2S. The van der Waals surface area contributed by atoms with Crippen molar-refractivity contribution in [3.63, 3.8) is 0 Å². The van der Waals surface area contributed by atoms with Crippen molar-refractivity contribution in [2.75, 3.05) is 6.26 Å². The van der Waals surface area contributed by atoms with Crippen LogP contribution in [0.1, 0.15) is 5.56 Å². The maximum atomic E-state index is 13.1. The van der Waals surface area contributed by atoms with Crippen LogP contribution in [0.3, 0.4) is 0 Å². The maximum absolute atomic E-state index is 13.1. The van der Waals surface area contributed by atoms with Gasteiger partial charge in [-0.15, -0.1) is 0 Å². The highest BCUT2D eigenvalue weighted by molar-refractivity contribution is 7.98. The summed E-state index contributed by atoms with van der Waals surface area (Å²) in [5, 5.41) is 0.886. The lowest BCUT2D eigenvalue weighted by atomic mass is 10.1. The van der Waals surface area contributed by atoms with E-state index in [4.69, 9.17) is 0 Å². The second kappa shape index (κ2) is 5.74. The first-order chi connectivity index (χ1) is 10.2. The SMILES string of the molecule is CSc1ncc(-c2ccc(C)cc2)n1-c1ccc(F)cc1. The van der Waals surface area contributed by atoms with Crippen molar-refractivity contribution in [2.45, 2.75) is 12.1 Å². The van der Waals surface area contributed by atoms with Gasteiger partial charge in [0.15, 0.2) is 5.16 Å². The summed E-state index contributed by atoms with van der Waals surface area (Å²) in [6.07, 6.45) is 3.85. The Morgan fingerprint density at radius 2 is 1.67 bits per heavy atom. The molecule has 106 valence electrons. The Morgan fingerprint density at radius 3 is 2.29 bits per heavy atom. The van der Waals surface area contributed by atoms with Crippen molar-refractivity contribution in [3.8, 4) is 16.9 Å². The van der Waals surface area contributed by atoms with Gasteiger partial charge in [-0.3, -0.25) is 4.57 Å². The van der Waals surface area contributed by atoms with Gasteiger partial charge >= 0.3 is 0 Å². The standard InChI is InChI=1S/C17H15FN2S/c1-12-3-5-13(6-4-12)16-11-19-17(21-2)20(16)15-9-7-14(18)8-10-15/h3-11H,1-2H3. The first kappa shape index (κ1) is 13.9. The van der Waals surface area contributed by atoms with E-state index in [0.29, 0.717) is 0 Å². The van der Waals surface area contributed by atoms with Crippen LogP contribution in [0.5, 0.6) is 0 Å². The van der Waals surface area contributed by atoms with Crippen molar-refractivity contribution in [2.24, 2.45) is 0 Å². The summed E-state index contributed by atoms with van der Waals surface area (Å²) < 4.78 is 15.2. The number of aryl methyl sites for hydroxylation is 1. The van der Waals surface area contributed by atoms with E-state index in [1.807, 2.05) is 12.5 Å². The minimum Gasteiger partial charge on any atom is -0.287 e. The topological polar surface area (TPSA) is 17.8 Å². The summed E-state index contributed by atoms with van der Waals surface area (Å²) in [6.45, 7) is 2.06. The van der Waals surface area contributed by atoms with E-state index < -0.39 is 0 Å². The molecule has 21 heavy (non-hydrogen) atoms. The number of benzene rings is 2. The lowest BCUT2D eigenvalue weighted by molar-refractivity contribution is 0.627. The van der Waals surface area contributed by atoms with E-state index in [0.717, 1.165) is 22.1 Å².